The van der Waals surface area contributed by atoms with Crippen LogP contribution >= 0.6 is 0 Å². The van der Waals surface area contributed by atoms with Crippen LogP contribution in [0.5, 0.6) is 0 Å². The summed E-state index contributed by atoms with van der Waals surface area (Å²) in [5.74, 6) is -1.65. The fourth-order valence-corrected chi connectivity index (χ4v) is 1.51. The van der Waals surface area contributed by atoms with E-state index < -0.39 is 29.8 Å². The zero-order chi connectivity index (χ0) is 17.7. The highest BCUT2D eigenvalue weighted by atomic mass is 16.6. The van der Waals surface area contributed by atoms with Gasteiger partial charge in [-0.15, -0.1) is 0 Å². The van der Waals surface area contributed by atoms with Crippen molar-refractivity contribution in [2.24, 2.45) is 0 Å². The van der Waals surface area contributed by atoms with Crippen molar-refractivity contribution in [2.75, 3.05) is 26.9 Å². The second-order valence-electron chi connectivity index (χ2n) is 4.55. The first kappa shape index (κ1) is 20.9. The third kappa shape index (κ3) is 9.51. The fourth-order valence-electron chi connectivity index (χ4n) is 1.51. The van der Waals surface area contributed by atoms with E-state index in [0.29, 0.717) is 6.61 Å². The summed E-state index contributed by atoms with van der Waals surface area (Å²) in [7, 11) is 1.36. The monoisotopic (exact) mass is 329 g/mol. The van der Waals surface area contributed by atoms with E-state index in [1.54, 1.807) is 0 Å². The number of nitrogens with zero attached hydrogens (tertiary/aromatic N) is 2. The molecule has 0 spiro atoms. The van der Waals surface area contributed by atoms with E-state index in [2.05, 4.69) is 10.1 Å². The molecule has 0 fully saturated rings. The summed E-state index contributed by atoms with van der Waals surface area (Å²) in [5, 5.41) is 2.47. The molecule has 0 rings (SSSR count). The Labute approximate surface area is 134 Å². The predicted octanol–water partition coefficient (Wildman–Crippen LogP) is -0.264. The minimum Gasteiger partial charge on any atom is -0.462 e. The fraction of sp³-hybridized carbons (Fsp3) is 0.714. The third-order valence-corrected chi connectivity index (χ3v) is 2.88. The average molecular weight is 329 g/mol. The van der Waals surface area contributed by atoms with E-state index in [0.717, 1.165) is 6.21 Å². The van der Waals surface area contributed by atoms with Gasteiger partial charge in [-0.05, 0) is 20.3 Å². The molecule has 0 aromatic heterocycles. The summed E-state index contributed by atoms with van der Waals surface area (Å²) >= 11 is 0. The molecule has 0 aromatic rings. The number of Topliss-reactive ketones (excluding diaryl/α,β-unsaturated/α-hetero) is 1. The summed E-state index contributed by atoms with van der Waals surface area (Å²) in [4.78, 5) is 37.8. The summed E-state index contributed by atoms with van der Waals surface area (Å²) in [5.41, 5.74) is 8.28. The van der Waals surface area contributed by atoms with Gasteiger partial charge in [0.15, 0.2) is 0 Å². The maximum Gasteiger partial charge on any atom is 0.328 e. The van der Waals surface area contributed by atoms with Crippen LogP contribution in [-0.4, -0.2) is 67.7 Å². The Morgan fingerprint density at radius 3 is 2.57 bits per heavy atom. The van der Waals surface area contributed by atoms with E-state index in [4.69, 9.17) is 19.7 Å². The van der Waals surface area contributed by atoms with Crippen LogP contribution in [0, 0.1) is 0 Å². The van der Waals surface area contributed by atoms with Crippen LogP contribution in [0.2, 0.25) is 0 Å². The van der Waals surface area contributed by atoms with Crippen molar-refractivity contribution in [3.05, 3.63) is 5.53 Å². The Hall–Kier alpha value is -2.09. The summed E-state index contributed by atoms with van der Waals surface area (Å²) in [6.07, 6.45) is -0.0856. The zero-order valence-electron chi connectivity index (χ0n) is 13.6. The lowest BCUT2D eigenvalue weighted by atomic mass is 10.1. The molecule has 1 N–H and O–H groups in total. The minimum absolute atomic E-state index is 0.0144. The van der Waals surface area contributed by atoms with Gasteiger partial charge in [0, 0.05) is 20.1 Å². The molecule has 0 bridgehead atoms. The number of hydrogen-bond acceptors (Lipinski definition) is 6. The molecule has 0 aliphatic heterocycles. The number of hydrogen-bond donors (Lipinski definition) is 1. The predicted molar refractivity (Wildman–Crippen MR) is 79.8 cm³/mol. The SMILES string of the molecule is CCOCCOC(=O)[C@H](CCC(=O)C=[N+]=[N-])NC(=O)[C@H](C)OC. The zero-order valence-corrected chi connectivity index (χ0v) is 13.6. The van der Waals surface area contributed by atoms with Crippen LogP contribution in [0.3, 0.4) is 0 Å². The molecular weight excluding hydrogens is 306 g/mol. The number of esters is 1. The van der Waals surface area contributed by atoms with Crippen molar-refractivity contribution in [1.29, 1.82) is 0 Å². The van der Waals surface area contributed by atoms with E-state index in [9.17, 15) is 14.4 Å². The Bertz CT molecular complexity index is 448. The van der Waals surface area contributed by atoms with E-state index in [1.807, 2.05) is 6.92 Å². The highest BCUT2D eigenvalue weighted by Gasteiger charge is 2.25. The molecule has 0 saturated carbocycles. The van der Waals surface area contributed by atoms with E-state index >= 15 is 0 Å². The Balaban J connectivity index is 4.63. The van der Waals surface area contributed by atoms with Crippen molar-refractivity contribution in [3.63, 3.8) is 0 Å². The van der Waals surface area contributed by atoms with E-state index in [1.165, 1.54) is 14.0 Å². The molecule has 2 atom stereocenters. The van der Waals surface area contributed by atoms with Gasteiger partial charge in [-0.3, -0.25) is 9.59 Å². The average Bonchev–Trinajstić information content (AvgIpc) is 2.54. The number of nitrogens with one attached hydrogen (secondary N) is 1. The number of ether oxygens (including phenoxy) is 3. The second-order valence-corrected chi connectivity index (χ2v) is 4.55. The quantitative estimate of drug-likeness (QED) is 0.173. The highest BCUT2D eigenvalue weighted by molar-refractivity contribution is 6.25. The van der Waals surface area contributed by atoms with Crippen molar-refractivity contribution in [2.45, 2.75) is 38.8 Å². The molecule has 0 unspecified atom stereocenters. The molecule has 9 nitrogen and oxygen atoms in total. The van der Waals surface area contributed by atoms with Gasteiger partial charge in [-0.2, -0.15) is 4.79 Å². The number of carbonyl (C=O) groups is 3. The normalized spacial score (nSPS) is 12.7. The summed E-state index contributed by atoms with van der Waals surface area (Å²) in [6, 6.07) is -1.00. The molecule has 23 heavy (non-hydrogen) atoms. The van der Waals surface area contributed by atoms with Crippen LogP contribution in [0.25, 0.3) is 5.53 Å². The molecule has 0 heterocycles. The molecule has 0 aliphatic rings. The standard InChI is InChI=1S/C14H23N3O6/c1-4-22-7-8-23-14(20)12(6-5-11(18)9-16-15)17-13(19)10(2)21-3/h9-10,12H,4-8H2,1-3H3,(H,17,19)/t10-,12-/m0/s1. The van der Waals surface area contributed by atoms with Crippen LogP contribution in [0.4, 0.5) is 0 Å². The maximum atomic E-state index is 12.0. The van der Waals surface area contributed by atoms with Gasteiger partial charge in [0.2, 0.25) is 11.7 Å². The first-order chi connectivity index (χ1) is 11.0. The lowest BCUT2D eigenvalue weighted by molar-refractivity contribution is -0.150. The molecular formula is C14H23N3O6. The van der Waals surface area contributed by atoms with Gasteiger partial charge in [-0.1, -0.05) is 0 Å². The molecule has 0 aliphatic carbocycles. The Morgan fingerprint density at radius 2 is 2.00 bits per heavy atom. The summed E-state index contributed by atoms with van der Waals surface area (Å²) < 4.78 is 14.9. The van der Waals surface area contributed by atoms with Gasteiger partial charge in [0.1, 0.15) is 18.8 Å². The van der Waals surface area contributed by atoms with Crippen LogP contribution in [0.15, 0.2) is 0 Å². The molecule has 9 heteroatoms. The minimum atomic E-state index is -1.00. The first-order valence-electron chi connectivity index (χ1n) is 7.24. The van der Waals surface area contributed by atoms with Gasteiger partial charge >= 0.3 is 12.2 Å². The van der Waals surface area contributed by atoms with E-state index in [-0.39, 0.29) is 26.1 Å². The summed E-state index contributed by atoms with van der Waals surface area (Å²) in [6.45, 7) is 4.12. The molecule has 0 saturated heterocycles. The van der Waals surface area contributed by atoms with Gasteiger partial charge in [-0.25, -0.2) is 4.79 Å². The van der Waals surface area contributed by atoms with Crippen LogP contribution in [-0.2, 0) is 28.6 Å². The molecule has 130 valence electrons. The molecule has 1 amide bonds. The maximum absolute atomic E-state index is 12.0. The van der Waals surface area contributed by atoms with Crippen molar-refractivity contribution in [3.8, 4) is 0 Å². The molecule has 0 radical (unpaired) electrons. The van der Waals surface area contributed by atoms with Gasteiger partial charge < -0.3 is 25.1 Å². The highest BCUT2D eigenvalue weighted by Crippen LogP contribution is 2.03. The third-order valence-electron chi connectivity index (χ3n) is 2.88. The molecule has 0 aromatic carbocycles. The first-order valence-corrected chi connectivity index (χ1v) is 7.24. The lowest BCUT2D eigenvalue weighted by Gasteiger charge is -2.19. The number of rotatable bonds is 12. The largest absolute Gasteiger partial charge is 0.462 e. The second kappa shape index (κ2) is 12.5. The van der Waals surface area contributed by atoms with Crippen molar-refractivity contribution < 1.29 is 33.4 Å². The van der Waals surface area contributed by atoms with Gasteiger partial charge in [0.05, 0.1) is 6.61 Å². The lowest BCUT2D eigenvalue weighted by Crippen LogP contribution is -2.46. The Kier molecular flexibility index (Phi) is 11.3. The van der Waals surface area contributed by atoms with Crippen LogP contribution in [0.1, 0.15) is 26.7 Å². The topological polar surface area (TPSA) is 127 Å². The number of methoxy groups -OCH3 is 1. The van der Waals surface area contributed by atoms with Crippen molar-refractivity contribution >= 4 is 23.9 Å². The van der Waals surface area contributed by atoms with Crippen LogP contribution < -0.4 is 5.32 Å². The number of carbonyl (C=O) groups excluding carboxylic acids is 3. The van der Waals surface area contributed by atoms with Gasteiger partial charge in [0.25, 0.3) is 0 Å². The number of ketones is 1. The Morgan fingerprint density at radius 1 is 1.30 bits per heavy atom. The van der Waals surface area contributed by atoms with Crippen molar-refractivity contribution in [1.82, 2.24) is 5.32 Å². The number of amides is 1. The smallest absolute Gasteiger partial charge is 0.328 e.